The largest absolute Gasteiger partial charge is 0.437 e. The molecule has 2 N–H and O–H groups in total. The van der Waals surface area contributed by atoms with Gasteiger partial charge in [0.15, 0.2) is 9.84 Å². The van der Waals surface area contributed by atoms with E-state index in [1.807, 2.05) is 0 Å². The number of aromatic nitrogens is 3. The third-order valence-corrected chi connectivity index (χ3v) is 8.70. The van der Waals surface area contributed by atoms with Gasteiger partial charge in [-0.3, -0.25) is 0 Å². The molecule has 2 aromatic carbocycles. The normalized spacial score (nSPS) is 15.8. The highest BCUT2D eigenvalue weighted by Gasteiger charge is 2.20. The molecule has 0 radical (unpaired) electrons. The lowest BCUT2D eigenvalue weighted by atomic mass is 10.1. The van der Waals surface area contributed by atoms with Crippen molar-refractivity contribution in [3.63, 3.8) is 0 Å². The van der Waals surface area contributed by atoms with Crippen LogP contribution in [0.5, 0.6) is 11.6 Å². The van der Waals surface area contributed by atoms with E-state index in [1.165, 1.54) is 23.5 Å². The first-order valence-corrected chi connectivity index (χ1v) is 15.1. The molecule has 12 heteroatoms. The summed E-state index contributed by atoms with van der Waals surface area (Å²) in [5, 5.41) is 7.07. The number of piperidine rings is 1. The Bertz CT molecular complexity index is 1530. The van der Waals surface area contributed by atoms with Crippen molar-refractivity contribution in [3.05, 3.63) is 82.2 Å². The van der Waals surface area contributed by atoms with E-state index < -0.39 is 21.4 Å². The first-order chi connectivity index (χ1) is 18.4. The van der Waals surface area contributed by atoms with Crippen LogP contribution in [0.15, 0.2) is 60.2 Å². The minimum absolute atomic E-state index is 0.0478. The van der Waals surface area contributed by atoms with Gasteiger partial charge in [0.1, 0.15) is 16.4 Å². The molecule has 38 heavy (non-hydrogen) atoms. The van der Waals surface area contributed by atoms with Crippen molar-refractivity contribution in [2.75, 3.05) is 18.4 Å². The second kappa shape index (κ2) is 11.7. The molecule has 1 fully saturated rings. The average Bonchev–Trinajstić information content (AvgIpc) is 3.36. The summed E-state index contributed by atoms with van der Waals surface area (Å²) < 4.78 is 46.1. The lowest BCUT2D eigenvalue weighted by Crippen LogP contribution is -2.38. The Morgan fingerprint density at radius 3 is 2.76 bits per heavy atom. The molecular formula is C26H25ClFN5O3S2. The van der Waals surface area contributed by atoms with Crippen molar-refractivity contribution in [1.29, 1.82) is 0 Å². The van der Waals surface area contributed by atoms with Crippen molar-refractivity contribution in [2.45, 2.75) is 30.4 Å². The third kappa shape index (κ3) is 6.65. The minimum Gasteiger partial charge on any atom is -0.437 e. The van der Waals surface area contributed by atoms with Crippen LogP contribution in [0.3, 0.4) is 0 Å². The summed E-state index contributed by atoms with van der Waals surface area (Å²) in [7, 11) is -3.65. The topological polar surface area (TPSA) is 106 Å². The van der Waals surface area contributed by atoms with E-state index in [1.54, 1.807) is 42.0 Å². The molecule has 1 aliphatic heterocycles. The Morgan fingerprint density at radius 2 is 1.97 bits per heavy atom. The average molecular weight is 574 g/mol. The standard InChI is InChI=1S/C26H25ClFN5O3S2/c27-21-6-2-1-4-17(21)14-38(34,35)15-18-7-8-20(12-22(18)28)36-25-24(37-16-31-25)23-9-11-30-26(33-23)32-19-5-3-10-29-13-19/h1-2,4,6-9,11-12,16,19,29H,3,5,10,13-15H2,(H,30,32,33)/t19-/m0/s1. The summed E-state index contributed by atoms with van der Waals surface area (Å²) in [6, 6.07) is 12.8. The van der Waals surface area contributed by atoms with Gasteiger partial charge in [0.05, 0.1) is 22.7 Å². The van der Waals surface area contributed by atoms with Gasteiger partial charge in [-0.05, 0) is 43.1 Å². The number of hydrogen-bond donors (Lipinski definition) is 2. The minimum atomic E-state index is -3.65. The second-order valence-electron chi connectivity index (χ2n) is 8.92. The van der Waals surface area contributed by atoms with E-state index in [9.17, 15) is 12.8 Å². The monoisotopic (exact) mass is 573 g/mol. The Morgan fingerprint density at radius 1 is 1.13 bits per heavy atom. The van der Waals surface area contributed by atoms with Crippen LogP contribution in [-0.2, 0) is 21.3 Å². The Kier molecular flexibility index (Phi) is 8.18. The van der Waals surface area contributed by atoms with Gasteiger partial charge in [-0.15, -0.1) is 11.3 Å². The van der Waals surface area contributed by atoms with Crippen molar-refractivity contribution < 1.29 is 17.5 Å². The summed E-state index contributed by atoms with van der Waals surface area (Å²) >= 11 is 7.43. The number of nitrogens with one attached hydrogen (secondary N) is 2. The highest BCUT2D eigenvalue weighted by molar-refractivity contribution is 7.89. The maximum absolute atomic E-state index is 14.9. The highest BCUT2D eigenvalue weighted by atomic mass is 35.5. The van der Waals surface area contributed by atoms with Crippen LogP contribution in [0.4, 0.5) is 10.3 Å². The zero-order valence-corrected chi connectivity index (χ0v) is 22.6. The van der Waals surface area contributed by atoms with Gasteiger partial charge in [0.2, 0.25) is 11.8 Å². The molecule has 0 amide bonds. The van der Waals surface area contributed by atoms with Crippen LogP contribution < -0.4 is 15.4 Å². The molecule has 8 nitrogen and oxygen atoms in total. The molecule has 198 valence electrons. The number of ether oxygens (including phenoxy) is 1. The summed E-state index contributed by atoms with van der Waals surface area (Å²) in [6.45, 7) is 1.87. The molecule has 3 heterocycles. The number of nitrogens with zero attached hydrogens (tertiary/aromatic N) is 3. The van der Waals surface area contributed by atoms with Gasteiger partial charge in [-0.25, -0.2) is 27.8 Å². The second-order valence-corrected chi connectivity index (χ2v) is 12.2. The van der Waals surface area contributed by atoms with Gasteiger partial charge in [0, 0.05) is 35.4 Å². The Labute approximate surface area is 229 Å². The zero-order chi connectivity index (χ0) is 26.5. The van der Waals surface area contributed by atoms with Gasteiger partial charge in [-0.2, -0.15) is 0 Å². The molecule has 1 atom stereocenters. The molecular weight excluding hydrogens is 549 g/mol. The molecule has 1 saturated heterocycles. The molecule has 0 aliphatic carbocycles. The van der Waals surface area contributed by atoms with E-state index in [2.05, 4.69) is 25.6 Å². The van der Waals surface area contributed by atoms with E-state index in [0.29, 0.717) is 27.1 Å². The van der Waals surface area contributed by atoms with Gasteiger partial charge in [-0.1, -0.05) is 35.9 Å². The fraction of sp³-hybridized carbons (Fsp3) is 0.269. The highest BCUT2D eigenvalue weighted by Crippen LogP contribution is 2.35. The van der Waals surface area contributed by atoms with Gasteiger partial charge >= 0.3 is 0 Å². The summed E-state index contributed by atoms with van der Waals surface area (Å²) in [4.78, 5) is 13.9. The first-order valence-electron chi connectivity index (χ1n) is 12.0. The number of halogens is 2. The SMILES string of the molecule is O=S(=O)(Cc1ccc(Oc2ncsc2-c2ccnc(N[C@H]3CCCNC3)n2)cc1F)Cc1ccccc1Cl. The Hall–Kier alpha value is -3.12. The summed E-state index contributed by atoms with van der Waals surface area (Å²) in [5.74, 6) is -0.431. The first kappa shape index (κ1) is 26.5. The predicted molar refractivity (Wildman–Crippen MR) is 147 cm³/mol. The van der Waals surface area contributed by atoms with Crippen LogP contribution in [0.1, 0.15) is 24.0 Å². The molecule has 2 aromatic heterocycles. The number of hydrogen-bond acceptors (Lipinski definition) is 9. The van der Waals surface area contributed by atoms with Crippen LogP contribution in [-0.4, -0.2) is 42.5 Å². The van der Waals surface area contributed by atoms with Gasteiger partial charge in [0.25, 0.3) is 0 Å². The van der Waals surface area contributed by atoms with E-state index in [0.717, 1.165) is 32.0 Å². The molecule has 0 spiro atoms. The van der Waals surface area contributed by atoms with Crippen molar-refractivity contribution in [2.24, 2.45) is 0 Å². The van der Waals surface area contributed by atoms with Gasteiger partial charge < -0.3 is 15.4 Å². The third-order valence-electron chi connectivity index (χ3n) is 6.00. The van der Waals surface area contributed by atoms with Crippen LogP contribution >= 0.6 is 22.9 Å². The number of sulfone groups is 1. The predicted octanol–water partition coefficient (Wildman–Crippen LogP) is 5.46. The van der Waals surface area contributed by atoms with E-state index in [-0.39, 0.29) is 29.0 Å². The number of thiazole rings is 1. The van der Waals surface area contributed by atoms with Crippen LogP contribution in [0.2, 0.25) is 5.02 Å². The van der Waals surface area contributed by atoms with E-state index >= 15 is 0 Å². The molecule has 0 unspecified atom stereocenters. The quantitative estimate of drug-likeness (QED) is 0.272. The lowest BCUT2D eigenvalue weighted by Gasteiger charge is -2.23. The number of rotatable bonds is 9. The molecule has 5 rings (SSSR count). The summed E-state index contributed by atoms with van der Waals surface area (Å²) in [6.07, 6.45) is 3.80. The number of anilines is 1. The van der Waals surface area contributed by atoms with Crippen molar-refractivity contribution in [3.8, 4) is 22.2 Å². The smallest absolute Gasteiger partial charge is 0.239 e. The fourth-order valence-corrected chi connectivity index (χ4v) is 6.65. The molecule has 1 aliphatic rings. The maximum Gasteiger partial charge on any atom is 0.239 e. The Balaban J connectivity index is 1.28. The maximum atomic E-state index is 14.9. The van der Waals surface area contributed by atoms with Crippen molar-refractivity contribution >= 4 is 38.7 Å². The lowest BCUT2D eigenvalue weighted by molar-refractivity contribution is 0.462. The fourth-order valence-electron chi connectivity index (χ4n) is 4.15. The number of benzene rings is 2. The van der Waals surface area contributed by atoms with Crippen molar-refractivity contribution in [1.82, 2.24) is 20.3 Å². The molecule has 0 bridgehead atoms. The molecule has 0 saturated carbocycles. The van der Waals surface area contributed by atoms with Crippen LogP contribution in [0, 0.1) is 5.82 Å². The molecule has 4 aromatic rings. The summed E-state index contributed by atoms with van der Waals surface area (Å²) in [5.41, 5.74) is 2.78. The van der Waals surface area contributed by atoms with E-state index in [4.69, 9.17) is 16.3 Å². The zero-order valence-electron chi connectivity index (χ0n) is 20.2. The van der Waals surface area contributed by atoms with Crippen LogP contribution in [0.25, 0.3) is 10.6 Å².